The fourth-order valence-corrected chi connectivity index (χ4v) is 3.82. The molecular weight excluding hydrogens is 376 g/mol. The lowest BCUT2D eigenvalue weighted by molar-refractivity contribution is -0.133. The largest absolute Gasteiger partial charge is 0.484 e. The van der Waals surface area contributed by atoms with E-state index in [2.05, 4.69) is 28.9 Å². The number of rotatable bonds is 6. The first-order chi connectivity index (χ1) is 14.6. The van der Waals surface area contributed by atoms with E-state index in [1.807, 2.05) is 48.2 Å². The lowest BCUT2D eigenvalue weighted by Gasteiger charge is -2.35. The highest BCUT2D eigenvalue weighted by molar-refractivity contribution is 5.78. The fraction of sp³-hybridized carbons (Fsp3) is 0.375. The number of aromatic nitrogens is 2. The Kier molecular flexibility index (Phi) is 6.12. The van der Waals surface area contributed by atoms with Gasteiger partial charge in [-0.3, -0.25) is 4.79 Å². The van der Waals surface area contributed by atoms with Crippen molar-refractivity contribution in [2.45, 2.75) is 26.7 Å². The van der Waals surface area contributed by atoms with Crippen molar-refractivity contribution in [3.05, 3.63) is 59.8 Å². The van der Waals surface area contributed by atoms with Crippen LogP contribution in [-0.4, -0.2) is 53.6 Å². The van der Waals surface area contributed by atoms with Gasteiger partial charge < -0.3 is 14.5 Å². The molecule has 2 heterocycles. The maximum atomic E-state index is 12.6. The van der Waals surface area contributed by atoms with Gasteiger partial charge in [0.15, 0.2) is 12.4 Å². The molecule has 4 rings (SSSR count). The molecule has 3 aromatic rings. The first kappa shape index (κ1) is 20.1. The number of nitrogens with zero attached hydrogens (tertiary/aromatic N) is 4. The molecule has 0 spiro atoms. The van der Waals surface area contributed by atoms with Gasteiger partial charge >= 0.3 is 0 Å². The number of fused-ring (bicyclic) bond motifs is 1. The first-order valence-electron chi connectivity index (χ1n) is 10.6. The summed E-state index contributed by atoms with van der Waals surface area (Å²) in [5.41, 5.74) is 4.02. The Morgan fingerprint density at radius 2 is 1.63 bits per heavy atom. The van der Waals surface area contributed by atoms with Crippen LogP contribution in [0.5, 0.6) is 5.75 Å². The second-order valence-electron chi connectivity index (χ2n) is 7.67. The summed E-state index contributed by atoms with van der Waals surface area (Å²) < 4.78 is 5.71. The Hall–Kier alpha value is -3.15. The van der Waals surface area contributed by atoms with Gasteiger partial charge in [0.2, 0.25) is 0 Å². The highest BCUT2D eigenvalue weighted by Crippen LogP contribution is 2.21. The Labute approximate surface area is 177 Å². The molecule has 2 aromatic carbocycles. The van der Waals surface area contributed by atoms with Crippen molar-refractivity contribution >= 4 is 22.8 Å². The number of amides is 1. The van der Waals surface area contributed by atoms with Crippen molar-refractivity contribution in [1.29, 1.82) is 0 Å². The molecule has 0 aliphatic carbocycles. The van der Waals surface area contributed by atoms with E-state index in [1.54, 1.807) is 0 Å². The summed E-state index contributed by atoms with van der Waals surface area (Å²) >= 11 is 0. The number of ether oxygens (including phenoxy) is 1. The monoisotopic (exact) mass is 404 g/mol. The van der Waals surface area contributed by atoms with E-state index in [9.17, 15) is 4.79 Å². The number of hydrogen-bond donors (Lipinski definition) is 0. The Balaban J connectivity index is 1.32. The highest BCUT2D eigenvalue weighted by Gasteiger charge is 2.23. The summed E-state index contributed by atoms with van der Waals surface area (Å²) in [6.07, 6.45) is 2.18. The molecule has 30 heavy (non-hydrogen) atoms. The summed E-state index contributed by atoms with van der Waals surface area (Å²) in [4.78, 5) is 26.1. The lowest BCUT2D eigenvalue weighted by atomic mass is 10.1. The van der Waals surface area contributed by atoms with Crippen LogP contribution in [-0.2, 0) is 11.2 Å². The Morgan fingerprint density at radius 3 is 2.30 bits per heavy atom. The van der Waals surface area contributed by atoms with Crippen LogP contribution in [0.25, 0.3) is 11.0 Å². The normalized spacial score (nSPS) is 14.2. The number of carbonyl (C=O) groups is 1. The Bertz CT molecular complexity index is 1010. The molecule has 0 unspecified atom stereocenters. The number of aryl methyl sites for hydroxylation is 2. The summed E-state index contributed by atoms with van der Waals surface area (Å²) in [6, 6.07) is 15.9. The lowest BCUT2D eigenvalue weighted by Crippen LogP contribution is -2.50. The molecule has 1 aromatic heterocycles. The molecule has 0 radical (unpaired) electrons. The number of hydrogen-bond acceptors (Lipinski definition) is 5. The van der Waals surface area contributed by atoms with Crippen molar-refractivity contribution in [1.82, 2.24) is 14.9 Å². The van der Waals surface area contributed by atoms with Crippen LogP contribution in [0.3, 0.4) is 0 Å². The number of anilines is 1. The summed E-state index contributed by atoms with van der Waals surface area (Å²) in [5, 5.41) is 0. The van der Waals surface area contributed by atoms with E-state index in [4.69, 9.17) is 9.72 Å². The van der Waals surface area contributed by atoms with Gasteiger partial charge in [-0.05, 0) is 43.2 Å². The van der Waals surface area contributed by atoms with Crippen LogP contribution in [0.2, 0.25) is 0 Å². The molecule has 1 fully saturated rings. The minimum absolute atomic E-state index is 0.0219. The molecule has 0 N–H and O–H groups in total. The first-order valence-corrected chi connectivity index (χ1v) is 10.6. The highest BCUT2D eigenvalue weighted by atomic mass is 16.5. The molecular formula is C24H28N4O2. The molecule has 1 saturated heterocycles. The molecule has 6 heteroatoms. The zero-order chi connectivity index (χ0) is 20.9. The predicted molar refractivity (Wildman–Crippen MR) is 119 cm³/mol. The van der Waals surface area contributed by atoms with E-state index < -0.39 is 0 Å². The van der Waals surface area contributed by atoms with Gasteiger partial charge in [0.25, 0.3) is 5.91 Å². The minimum Gasteiger partial charge on any atom is -0.484 e. The van der Waals surface area contributed by atoms with Crippen LogP contribution in [0.4, 0.5) is 5.82 Å². The smallest absolute Gasteiger partial charge is 0.260 e. The fourth-order valence-electron chi connectivity index (χ4n) is 3.82. The molecule has 1 amide bonds. The van der Waals surface area contributed by atoms with Crippen molar-refractivity contribution in [2.24, 2.45) is 0 Å². The predicted octanol–water partition coefficient (Wildman–Crippen LogP) is 3.62. The van der Waals surface area contributed by atoms with Gasteiger partial charge in [-0.25, -0.2) is 9.97 Å². The van der Waals surface area contributed by atoms with E-state index in [1.165, 1.54) is 5.56 Å². The molecule has 0 atom stereocenters. The summed E-state index contributed by atoms with van der Waals surface area (Å²) in [7, 11) is 0. The second kappa shape index (κ2) is 9.11. The molecule has 1 aliphatic heterocycles. The van der Waals surface area contributed by atoms with Crippen LogP contribution < -0.4 is 9.64 Å². The molecule has 1 aliphatic rings. The quantitative estimate of drug-likeness (QED) is 0.628. The standard InChI is InChI=1S/C24H28N4O2/c1-3-6-19-9-11-20(12-10-19)30-17-23(29)27-13-15-28(16-14-27)24-18(2)25-21-7-4-5-8-22(21)26-24/h4-5,7-12H,3,6,13-17H2,1-2H3. The minimum atomic E-state index is 0.0219. The average molecular weight is 405 g/mol. The topological polar surface area (TPSA) is 58.6 Å². The van der Waals surface area contributed by atoms with Gasteiger partial charge in [0, 0.05) is 26.2 Å². The van der Waals surface area contributed by atoms with Gasteiger partial charge in [-0.1, -0.05) is 37.6 Å². The zero-order valence-corrected chi connectivity index (χ0v) is 17.7. The molecule has 0 bridgehead atoms. The van der Waals surface area contributed by atoms with Gasteiger partial charge in [-0.2, -0.15) is 0 Å². The number of piperazine rings is 1. The van der Waals surface area contributed by atoms with Gasteiger partial charge in [-0.15, -0.1) is 0 Å². The molecule has 6 nitrogen and oxygen atoms in total. The third-order valence-corrected chi connectivity index (χ3v) is 5.48. The number of benzene rings is 2. The molecule has 0 saturated carbocycles. The van der Waals surface area contributed by atoms with Crippen LogP contribution in [0.1, 0.15) is 24.6 Å². The maximum Gasteiger partial charge on any atom is 0.260 e. The number of para-hydroxylation sites is 2. The number of carbonyl (C=O) groups excluding carboxylic acids is 1. The summed E-state index contributed by atoms with van der Waals surface area (Å²) in [6.45, 7) is 7.03. The van der Waals surface area contributed by atoms with Crippen molar-refractivity contribution in [3.63, 3.8) is 0 Å². The van der Waals surface area contributed by atoms with Crippen LogP contribution in [0, 0.1) is 6.92 Å². The second-order valence-corrected chi connectivity index (χ2v) is 7.67. The average Bonchev–Trinajstić information content (AvgIpc) is 2.78. The van der Waals surface area contributed by atoms with Crippen LogP contribution in [0.15, 0.2) is 48.5 Å². The SMILES string of the molecule is CCCc1ccc(OCC(=O)N2CCN(c3nc4ccccc4nc3C)CC2)cc1. The van der Waals surface area contributed by atoms with E-state index in [-0.39, 0.29) is 12.5 Å². The van der Waals surface area contributed by atoms with E-state index >= 15 is 0 Å². The summed E-state index contributed by atoms with van der Waals surface area (Å²) in [5.74, 6) is 1.67. The third kappa shape index (κ3) is 4.53. The van der Waals surface area contributed by atoms with Gasteiger partial charge in [0.05, 0.1) is 16.7 Å². The van der Waals surface area contributed by atoms with Gasteiger partial charge in [0.1, 0.15) is 5.75 Å². The van der Waals surface area contributed by atoms with E-state index in [0.29, 0.717) is 13.1 Å². The Morgan fingerprint density at radius 1 is 0.967 bits per heavy atom. The third-order valence-electron chi connectivity index (χ3n) is 5.48. The maximum absolute atomic E-state index is 12.6. The van der Waals surface area contributed by atoms with Crippen LogP contribution >= 0.6 is 0 Å². The molecule has 156 valence electrons. The van der Waals surface area contributed by atoms with Crippen molar-refractivity contribution in [3.8, 4) is 5.75 Å². The zero-order valence-electron chi connectivity index (χ0n) is 17.7. The van der Waals surface area contributed by atoms with Crippen molar-refractivity contribution < 1.29 is 9.53 Å². The van der Waals surface area contributed by atoms with Crippen molar-refractivity contribution in [2.75, 3.05) is 37.7 Å². The van der Waals surface area contributed by atoms with E-state index in [0.717, 1.165) is 54.2 Å².